The average molecular weight is 319 g/mol. The summed E-state index contributed by atoms with van der Waals surface area (Å²) in [7, 11) is 0. The Labute approximate surface area is 125 Å². The minimum atomic E-state index is -4.33. The van der Waals surface area contributed by atoms with Crippen molar-refractivity contribution in [3.63, 3.8) is 0 Å². The molecule has 0 aromatic heterocycles. The van der Waals surface area contributed by atoms with Crippen LogP contribution in [0.15, 0.2) is 29.2 Å². The number of carbonyl (C=O) groups is 1. The summed E-state index contributed by atoms with van der Waals surface area (Å²) in [5.41, 5.74) is -3.98. The number of hydrogen-bond acceptors (Lipinski definition) is 3. The topological polar surface area (TPSA) is 40.5 Å². The summed E-state index contributed by atoms with van der Waals surface area (Å²) in [4.78, 5) is 14.0. The van der Waals surface area contributed by atoms with E-state index in [1.54, 1.807) is 4.90 Å². The zero-order valence-corrected chi connectivity index (χ0v) is 12.1. The number of benzene rings is 1. The lowest BCUT2D eigenvalue weighted by Crippen LogP contribution is -2.45. The summed E-state index contributed by atoms with van der Waals surface area (Å²) in [6.45, 7) is 0.132. The van der Waals surface area contributed by atoms with E-state index in [-0.39, 0.29) is 41.8 Å². The molecule has 1 N–H and O–H groups in total. The molecule has 0 saturated heterocycles. The number of nitrogens with zero attached hydrogens (tertiary/aromatic N) is 1. The van der Waals surface area contributed by atoms with Crippen LogP contribution < -0.4 is 0 Å². The van der Waals surface area contributed by atoms with E-state index in [4.69, 9.17) is 5.11 Å². The van der Waals surface area contributed by atoms with Crippen LogP contribution in [0.4, 0.5) is 13.2 Å². The fourth-order valence-electron chi connectivity index (χ4n) is 2.22. The van der Waals surface area contributed by atoms with Gasteiger partial charge in [-0.05, 0) is 55.3 Å². The molecule has 0 unspecified atom stereocenters. The third-order valence-electron chi connectivity index (χ3n) is 3.45. The van der Waals surface area contributed by atoms with Gasteiger partial charge in [-0.15, -0.1) is 0 Å². The van der Waals surface area contributed by atoms with Gasteiger partial charge in [0.2, 0.25) is 0 Å². The van der Waals surface area contributed by atoms with Crippen LogP contribution in [0.5, 0.6) is 0 Å². The Kier molecular flexibility index (Phi) is 5.16. The molecular weight excluding hydrogens is 303 g/mol. The number of halogens is 3. The zero-order valence-electron chi connectivity index (χ0n) is 11.3. The van der Waals surface area contributed by atoms with E-state index in [1.807, 2.05) is 0 Å². The normalized spacial score (nSPS) is 15.6. The van der Waals surface area contributed by atoms with Crippen molar-refractivity contribution in [3.05, 3.63) is 29.8 Å². The highest BCUT2D eigenvalue weighted by Gasteiger charge is 2.30. The van der Waals surface area contributed by atoms with Crippen molar-refractivity contribution < 1.29 is 23.1 Å². The van der Waals surface area contributed by atoms with E-state index in [0.29, 0.717) is 5.56 Å². The second-order valence-corrected chi connectivity index (χ2v) is 6.02. The molecule has 116 valence electrons. The van der Waals surface area contributed by atoms with Crippen molar-refractivity contribution in [2.24, 2.45) is 0 Å². The molecule has 0 spiro atoms. The van der Waals surface area contributed by atoms with Crippen LogP contribution in [-0.4, -0.2) is 40.6 Å². The molecule has 0 radical (unpaired) electrons. The lowest BCUT2D eigenvalue weighted by atomic mass is 9.91. The Morgan fingerprint density at radius 1 is 1.29 bits per heavy atom. The number of aliphatic hydroxyl groups is 1. The molecule has 3 nitrogen and oxygen atoms in total. The van der Waals surface area contributed by atoms with Gasteiger partial charge in [-0.25, -0.2) is 0 Å². The predicted octanol–water partition coefficient (Wildman–Crippen LogP) is 3.29. The molecule has 1 fully saturated rings. The van der Waals surface area contributed by atoms with Crippen LogP contribution >= 0.6 is 11.8 Å². The van der Waals surface area contributed by atoms with Crippen molar-refractivity contribution in [3.8, 4) is 0 Å². The first-order valence-electron chi connectivity index (χ1n) is 6.68. The van der Waals surface area contributed by atoms with Gasteiger partial charge in [-0.1, -0.05) is 0 Å². The Bertz CT molecular complexity index is 486. The lowest BCUT2D eigenvalue weighted by molar-refractivity contribution is -0.0328. The van der Waals surface area contributed by atoms with Crippen molar-refractivity contribution in [1.29, 1.82) is 0 Å². The molecule has 0 aliphatic heterocycles. The summed E-state index contributed by atoms with van der Waals surface area (Å²) < 4.78 is 36.7. The van der Waals surface area contributed by atoms with Gasteiger partial charge in [0.25, 0.3) is 5.91 Å². The average Bonchev–Trinajstić information content (AvgIpc) is 2.34. The number of thioether (sulfide) groups is 1. The summed E-state index contributed by atoms with van der Waals surface area (Å²) in [5, 5.41) is 9.05. The molecule has 0 heterocycles. The molecule has 1 saturated carbocycles. The van der Waals surface area contributed by atoms with Crippen LogP contribution in [0.3, 0.4) is 0 Å². The van der Waals surface area contributed by atoms with Gasteiger partial charge in [-0.3, -0.25) is 4.79 Å². The number of rotatable bonds is 5. The van der Waals surface area contributed by atoms with E-state index in [1.165, 1.54) is 24.3 Å². The minimum Gasteiger partial charge on any atom is -0.395 e. The second kappa shape index (κ2) is 6.70. The number of hydrogen-bond donors (Lipinski definition) is 1. The molecule has 1 aromatic rings. The largest absolute Gasteiger partial charge is 0.446 e. The fraction of sp³-hybridized carbons (Fsp3) is 0.500. The lowest BCUT2D eigenvalue weighted by Gasteiger charge is -2.37. The van der Waals surface area contributed by atoms with Gasteiger partial charge in [0.05, 0.1) is 6.61 Å². The zero-order chi connectivity index (χ0) is 15.5. The van der Waals surface area contributed by atoms with E-state index in [0.717, 1.165) is 19.3 Å². The van der Waals surface area contributed by atoms with E-state index in [9.17, 15) is 18.0 Å². The van der Waals surface area contributed by atoms with Crippen molar-refractivity contribution >= 4 is 17.7 Å². The SMILES string of the molecule is O=C(c1ccc(SC(F)(F)F)cc1)N(CCO)C1CCC1. The Hall–Kier alpha value is -1.21. The van der Waals surface area contributed by atoms with E-state index >= 15 is 0 Å². The highest BCUT2D eigenvalue weighted by atomic mass is 32.2. The van der Waals surface area contributed by atoms with Crippen LogP contribution in [0, 0.1) is 0 Å². The number of carbonyl (C=O) groups excluding carboxylic acids is 1. The predicted molar refractivity (Wildman–Crippen MR) is 74.1 cm³/mol. The maximum atomic E-state index is 12.4. The van der Waals surface area contributed by atoms with Crippen molar-refractivity contribution in [2.45, 2.75) is 35.7 Å². The maximum absolute atomic E-state index is 12.4. The molecule has 1 aromatic carbocycles. The molecule has 1 amide bonds. The molecule has 1 aliphatic carbocycles. The first kappa shape index (κ1) is 16.2. The van der Waals surface area contributed by atoms with Gasteiger partial charge < -0.3 is 10.0 Å². The molecule has 7 heteroatoms. The molecule has 0 bridgehead atoms. The molecule has 0 atom stereocenters. The van der Waals surface area contributed by atoms with Crippen molar-refractivity contribution in [1.82, 2.24) is 4.90 Å². The Balaban J connectivity index is 2.07. The van der Waals surface area contributed by atoms with Crippen LogP contribution in [0.25, 0.3) is 0 Å². The van der Waals surface area contributed by atoms with Gasteiger partial charge in [0, 0.05) is 23.0 Å². The molecular formula is C14H16F3NO2S. The summed E-state index contributed by atoms with van der Waals surface area (Å²) in [5.74, 6) is -0.239. The van der Waals surface area contributed by atoms with Crippen molar-refractivity contribution in [2.75, 3.05) is 13.2 Å². The summed E-state index contributed by atoms with van der Waals surface area (Å²) in [6, 6.07) is 5.53. The van der Waals surface area contributed by atoms with Crippen LogP contribution in [0.1, 0.15) is 29.6 Å². The van der Waals surface area contributed by atoms with Gasteiger partial charge in [0.1, 0.15) is 0 Å². The first-order chi connectivity index (χ1) is 9.90. The highest BCUT2D eigenvalue weighted by Crippen LogP contribution is 2.36. The minimum absolute atomic E-state index is 0.0522. The van der Waals surface area contributed by atoms with E-state index in [2.05, 4.69) is 0 Å². The number of alkyl halides is 3. The molecule has 2 rings (SSSR count). The Morgan fingerprint density at radius 2 is 1.90 bits per heavy atom. The number of amides is 1. The second-order valence-electron chi connectivity index (χ2n) is 4.88. The maximum Gasteiger partial charge on any atom is 0.446 e. The third kappa shape index (κ3) is 4.38. The number of aliphatic hydroxyl groups excluding tert-OH is 1. The van der Waals surface area contributed by atoms with E-state index < -0.39 is 5.51 Å². The Morgan fingerprint density at radius 3 is 2.33 bits per heavy atom. The van der Waals surface area contributed by atoms with Crippen LogP contribution in [0.2, 0.25) is 0 Å². The molecule has 21 heavy (non-hydrogen) atoms. The van der Waals surface area contributed by atoms with Gasteiger partial charge in [-0.2, -0.15) is 13.2 Å². The fourth-order valence-corrected chi connectivity index (χ4v) is 2.76. The quantitative estimate of drug-likeness (QED) is 0.847. The molecule has 1 aliphatic rings. The summed E-state index contributed by atoms with van der Waals surface area (Å²) >= 11 is -0.203. The third-order valence-corrected chi connectivity index (χ3v) is 4.19. The monoisotopic (exact) mass is 319 g/mol. The van der Waals surface area contributed by atoms with Gasteiger partial charge in [0.15, 0.2) is 0 Å². The first-order valence-corrected chi connectivity index (χ1v) is 7.50. The summed E-state index contributed by atoms with van der Waals surface area (Å²) in [6.07, 6.45) is 2.88. The smallest absolute Gasteiger partial charge is 0.395 e. The highest BCUT2D eigenvalue weighted by molar-refractivity contribution is 8.00. The van der Waals surface area contributed by atoms with Gasteiger partial charge >= 0.3 is 5.51 Å². The standard InChI is InChI=1S/C14H16F3NO2S/c15-14(16,17)21-12-6-4-10(5-7-12)13(20)18(8-9-19)11-2-1-3-11/h4-7,11,19H,1-3,8-9H2. The van der Waals surface area contributed by atoms with Crippen LogP contribution in [-0.2, 0) is 0 Å².